The highest BCUT2D eigenvalue weighted by Crippen LogP contribution is 1.99. The first-order valence-corrected chi connectivity index (χ1v) is 5.73. The van der Waals surface area contributed by atoms with Gasteiger partial charge in [0, 0.05) is 26.2 Å². The third-order valence-corrected chi connectivity index (χ3v) is 3.51. The fraction of sp³-hybridized carbons (Fsp3) is 1.00. The summed E-state index contributed by atoms with van der Waals surface area (Å²) < 4.78 is 26.7. The summed E-state index contributed by atoms with van der Waals surface area (Å²) in [6, 6.07) is -0.0212. The zero-order chi connectivity index (χ0) is 10.5. The van der Waals surface area contributed by atoms with Crippen molar-refractivity contribution in [2.24, 2.45) is 0 Å². The van der Waals surface area contributed by atoms with Gasteiger partial charge in [0.05, 0.1) is 0 Å². The van der Waals surface area contributed by atoms with Gasteiger partial charge >= 0.3 is 0 Å². The van der Waals surface area contributed by atoms with Crippen LogP contribution in [0.1, 0.15) is 13.8 Å². The Balaban J connectivity index is 4.08. The Hall–Kier alpha value is -0.170. The van der Waals surface area contributed by atoms with Crippen molar-refractivity contribution in [1.29, 1.82) is 0 Å². The Labute approximate surface area is 80.7 Å². The van der Waals surface area contributed by atoms with Crippen molar-refractivity contribution >= 4 is 10.2 Å². The summed E-state index contributed by atoms with van der Waals surface area (Å²) >= 11 is 0. The van der Waals surface area contributed by atoms with Gasteiger partial charge in [-0.3, -0.25) is 0 Å². The normalized spacial score (nSPS) is 12.8. The number of hydrogen-bond donors (Lipinski definition) is 2. The molecule has 6 heteroatoms. The molecule has 0 heterocycles. The quantitative estimate of drug-likeness (QED) is 0.573. The minimum Gasteiger partial charge on any atom is -0.318 e. The Morgan fingerprint density at radius 3 is 2.23 bits per heavy atom. The second-order valence-electron chi connectivity index (χ2n) is 3.11. The third kappa shape index (κ3) is 4.56. The maximum Gasteiger partial charge on any atom is 0.279 e. The molecule has 0 aliphatic heterocycles. The van der Waals surface area contributed by atoms with Crippen molar-refractivity contribution in [3.05, 3.63) is 0 Å². The molecule has 0 spiro atoms. The molecule has 0 bridgehead atoms. The zero-order valence-corrected chi connectivity index (χ0v) is 9.48. The predicted octanol–water partition coefficient (Wildman–Crippen LogP) is -0.620. The van der Waals surface area contributed by atoms with Gasteiger partial charge in [0.2, 0.25) is 0 Å². The van der Waals surface area contributed by atoms with Crippen molar-refractivity contribution in [2.75, 3.05) is 27.2 Å². The van der Waals surface area contributed by atoms with E-state index in [0.717, 1.165) is 0 Å². The maximum atomic E-state index is 11.4. The van der Waals surface area contributed by atoms with Crippen LogP contribution in [-0.4, -0.2) is 45.9 Å². The summed E-state index contributed by atoms with van der Waals surface area (Å²) in [6.07, 6.45) is 0. The average molecular weight is 209 g/mol. The fourth-order valence-electron chi connectivity index (χ4n) is 0.684. The number of hydrogen-bond acceptors (Lipinski definition) is 3. The smallest absolute Gasteiger partial charge is 0.279 e. The molecule has 0 rings (SSSR count). The van der Waals surface area contributed by atoms with Crippen LogP contribution in [0.5, 0.6) is 0 Å². The van der Waals surface area contributed by atoms with Gasteiger partial charge in [-0.25, -0.2) is 4.72 Å². The van der Waals surface area contributed by atoms with Crippen LogP contribution in [0.25, 0.3) is 0 Å². The molecule has 0 aromatic heterocycles. The molecule has 80 valence electrons. The molecule has 0 saturated carbocycles. The van der Waals surface area contributed by atoms with E-state index < -0.39 is 10.2 Å². The molecule has 5 nitrogen and oxygen atoms in total. The molecule has 0 saturated heterocycles. The van der Waals surface area contributed by atoms with Gasteiger partial charge < -0.3 is 5.32 Å². The molecule has 0 atom stereocenters. The van der Waals surface area contributed by atoms with Crippen LogP contribution in [-0.2, 0) is 10.2 Å². The summed E-state index contributed by atoms with van der Waals surface area (Å²) in [7, 11) is 0.0517. The Bertz CT molecular complexity index is 226. The summed E-state index contributed by atoms with van der Waals surface area (Å²) in [5, 5.41) is 2.86. The third-order valence-electron chi connectivity index (χ3n) is 1.77. The summed E-state index contributed by atoms with van der Waals surface area (Å²) in [4.78, 5) is 0. The van der Waals surface area contributed by atoms with Gasteiger partial charge in [0.15, 0.2) is 0 Å². The monoisotopic (exact) mass is 209 g/mol. The number of nitrogens with zero attached hydrogens (tertiary/aromatic N) is 1. The second kappa shape index (κ2) is 5.54. The lowest BCUT2D eigenvalue weighted by Crippen LogP contribution is -2.43. The topological polar surface area (TPSA) is 61.4 Å². The standard InChI is InChI=1S/C7H19N3O2S/c1-7(2)10(4)13(11,12)9-6-5-8-3/h7-9H,5-6H2,1-4H3. The highest BCUT2D eigenvalue weighted by atomic mass is 32.2. The van der Waals surface area contributed by atoms with Crippen molar-refractivity contribution in [1.82, 2.24) is 14.3 Å². The largest absolute Gasteiger partial charge is 0.318 e. The second-order valence-corrected chi connectivity index (χ2v) is 4.93. The molecular formula is C7H19N3O2S. The van der Waals surface area contributed by atoms with Crippen LogP contribution in [0.3, 0.4) is 0 Å². The molecule has 0 aromatic rings. The zero-order valence-electron chi connectivity index (χ0n) is 8.66. The minimum absolute atomic E-state index is 0.0212. The maximum absolute atomic E-state index is 11.4. The van der Waals surface area contributed by atoms with E-state index in [1.165, 1.54) is 4.31 Å². The summed E-state index contributed by atoms with van der Waals surface area (Å²) in [5.41, 5.74) is 0. The van der Waals surface area contributed by atoms with E-state index in [4.69, 9.17) is 0 Å². The lowest BCUT2D eigenvalue weighted by atomic mass is 10.4. The minimum atomic E-state index is -3.29. The first-order valence-electron chi connectivity index (χ1n) is 4.29. The van der Waals surface area contributed by atoms with Gasteiger partial charge in [0.25, 0.3) is 10.2 Å². The number of likely N-dealkylation sites (N-methyl/N-ethyl adjacent to an activating group) is 1. The first kappa shape index (κ1) is 12.8. The Kier molecular flexibility index (Phi) is 5.46. The lowest BCUT2D eigenvalue weighted by molar-refractivity contribution is 0.402. The Morgan fingerprint density at radius 1 is 1.31 bits per heavy atom. The van der Waals surface area contributed by atoms with E-state index in [0.29, 0.717) is 13.1 Å². The van der Waals surface area contributed by atoms with Crippen LogP contribution in [0, 0.1) is 0 Å². The molecule has 0 aromatic carbocycles. The Morgan fingerprint density at radius 2 is 1.85 bits per heavy atom. The molecule has 0 fully saturated rings. The highest BCUT2D eigenvalue weighted by Gasteiger charge is 2.18. The van der Waals surface area contributed by atoms with Crippen molar-refractivity contribution < 1.29 is 8.42 Å². The fourth-order valence-corrected chi connectivity index (χ4v) is 1.80. The first-order chi connectivity index (χ1) is 5.91. The molecule has 0 unspecified atom stereocenters. The molecule has 0 aliphatic rings. The number of nitrogens with one attached hydrogen (secondary N) is 2. The van der Waals surface area contributed by atoms with Crippen molar-refractivity contribution in [3.63, 3.8) is 0 Å². The van der Waals surface area contributed by atoms with E-state index in [2.05, 4.69) is 10.0 Å². The van der Waals surface area contributed by atoms with Crippen LogP contribution in [0.2, 0.25) is 0 Å². The molecule has 0 amide bonds. The highest BCUT2D eigenvalue weighted by molar-refractivity contribution is 7.87. The van der Waals surface area contributed by atoms with Crippen molar-refractivity contribution in [2.45, 2.75) is 19.9 Å². The molecule has 0 radical (unpaired) electrons. The van der Waals surface area contributed by atoms with E-state index in [9.17, 15) is 8.42 Å². The molecule has 13 heavy (non-hydrogen) atoms. The van der Waals surface area contributed by atoms with Gasteiger partial charge in [0.1, 0.15) is 0 Å². The molecular weight excluding hydrogens is 190 g/mol. The summed E-state index contributed by atoms with van der Waals surface area (Å²) in [5.74, 6) is 0. The van der Waals surface area contributed by atoms with Gasteiger partial charge in [-0.15, -0.1) is 0 Å². The van der Waals surface area contributed by atoms with Crippen LogP contribution in [0.4, 0.5) is 0 Å². The molecule has 2 N–H and O–H groups in total. The van der Waals surface area contributed by atoms with E-state index in [-0.39, 0.29) is 6.04 Å². The van der Waals surface area contributed by atoms with Gasteiger partial charge in [-0.2, -0.15) is 12.7 Å². The van der Waals surface area contributed by atoms with E-state index in [1.54, 1.807) is 14.1 Å². The lowest BCUT2D eigenvalue weighted by Gasteiger charge is -2.21. The molecule has 0 aliphatic carbocycles. The van der Waals surface area contributed by atoms with Gasteiger partial charge in [-0.1, -0.05) is 0 Å². The van der Waals surface area contributed by atoms with Crippen LogP contribution in [0.15, 0.2) is 0 Å². The predicted molar refractivity (Wildman–Crippen MR) is 53.7 cm³/mol. The van der Waals surface area contributed by atoms with Crippen molar-refractivity contribution in [3.8, 4) is 0 Å². The van der Waals surface area contributed by atoms with Gasteiger partial charge in [-0.05, 0) is 20.9 Å². The SMILES string of the molecule is CNCCNS(=O)(=O)N(C)C(C)C. The van der Waals surface area contributed by atoms with E-state index >= 15 is 0 Å². The average Bonchev–Trinajstić information content (AvgIpc) is 2.03. The van der Waals surface area contributed by atoms with Crippen LogP contribution >= 0.6 is 0 Å². The van der Waals surface area contributed by atoms with E-state index in [1.807, 2.05) is 13.8 Å². The number of rotatable bonds is 6. The summed E-state index contributed by atoms with van der Waals surface area (Å²) in [6.45, 7) is 4.70. The van der Waals surface area contributed by atoms with Crippen LogP contribution < -0.4 is 10.0 Å².